The van der Waals surface area contributed by atoms with E-state index in [-0.39, 0.29) is 24.7 Å². The highest BCUT2D eigenvalue weighted by Gasteiger charge is 2.62. The second-order valence-corrected chi connectivity index (χ2v) is 7.82. The quantitative estimate of drug-likeness (QED) is 0.771. The number of carbonyl (C=O) groups is 3. The van der Waals surface area contributed by atoms with Gasteiger partial charge in [-0.2, -0.15) is 0 Å². The number of β-lactam (4-membered cyclic amide) rings is 1. The predicted molar refractivity (Wildman–Crippen MR) is 93.7 cm³/mol. The number of carbonyl (C=O) groups excluding carboxylic acids is 3. The average molecular weight is 360 g/mol. The highest BCUT2D eigenvalue weighted by molar-refractivity contribution is 6.04. The van der Waals surface area contributed by atoms with Gasteiger partial charge in [0, 0.05) is 13.0 Å². The van der Waals surface area contributed by atoms with Crippen LogP contribution in [0.3, 0.4) is 0 Å². The van der Waals surface area contributed by atoms with Crippen molar-refractivity contribution in [1.82, 2.24) is 9.80 Å². The van der Waals surface area contributed by atoms with E-state index >= 15 is 0 Å². The fraction of sp³-hybridized carbons (Fsp3) is 0.526. The van der Waals surface area contributed by atoms with Gasteiger partial charge in [0.1, 0.15) is 16.9 Å². The Kier molecular flexibility index (Phi) is 4.42. The first kappa shape index (κ1) is 18.2. The number of hydrogen-bond donors (Lipinski definition) is 0. The van der Waals surface area contributed by atoms with Gasteiger partial charge in [-0.15, -0.1) is 0 Å². The highest BCUT2D eigenvalue weighted by Crippen LogP contribution is 2.39. The molecule has 1 aromatic carbocycles. The normalized spacial score (nSPS) is 22.6. The predicted octanol–water partition coefficient (Wildman–Crippen LogP) is 1.99. The van der Waals surface area contributed by atoms with Gasteiger partial charge in [-0.05, 0) is 38.5 Å². The molecule has 7 nitrogen and oxygen atoms in total. The Morgan fingerprint density at radius 2 is 1.85 bits per heavy atom. The topological polar surface area (TPSA) is 76.2 Å². The van der Waals surface area contributed by atoms with E-state index in [4.69, 9.17) is 9.47 Å². The maximum atomic E-state index is 12.8. The number of hydrogen-bond acceptors (Lipinski definition) is 5. The van der Waals surface area contributed by atoms with Crippen molar-refractivity contribution in [2.45, 2.75) is 44.9 Å². The molecular weight excluding hydrogens is 336 g/mol. The van der Waals surface area contributed by atoms with E-state index < -0.39 is 17.2 Å². The number of Topliss-reactive ketones (excluding diaryl/α,β-unsaturated/α-hetero) is 1. The van der Waals surface area contributed by atoms with E-state index in [0.717, 1.165) is 11.3 Å². The van der Waals surface area contributed by atoms with Gasteiger partial charge in [-0.25, -0.2) is 4.79 Å². The number of methoxy groups -OCH3 is 1. The molecule has 2 fully saturated rings. The van der Waals surface area contributed by atoms with E-state index in [1.807, 2.05) is 24.3 Å². The highest BCUT2D eigenvalue weighted by atomic mass is 16.6. The smallest absolute Gasteiger partial charge is 0.411 e. The Labute approximate surface area is 152 Å². The zero-order chi connectivity index (χ0) is 19.1. The number of nitrogens with zero attached hydrogens (tertiary/aromatic N) is 2. The molecule has 0 radical (unpaired) electrons. The Balaban J connectivity index is 1.71. The maximum absolute atomic E-state index is 12.8. The molecule has 2 aliphatic rings. The number of benzene rings is 1. The van der Waals surface area contributed by atoms with Crippen LogP contribution in [0.25, 0.3) is 0 Å². The lowest BCUT2D eigenvalue weighted by Crippen LogP contribution is -2.72. The molecule has 2 heterocycles. The molecule has 2 saturated heterocycles. The lowest BCUT2D eigenvalue weighted by atomic mass is 9.85. The lowest BCUT2D eigenvalue weighted by molar-refractivity contribution is -0.161. The summed E-state index contributed by atoms with van der Waals surface area (Å²) in [5.74, 6) is 0.427. The summed E-state index contributed by atoms with van der Waals surface area (Å²) in [6.07, 6.45) is -0.551. The molecule has 2 amide bonds. The second kappa shape index (κ2) is 6.30. The summed E-state index contributed by atoms with van der Waals surface area (Å²) in [5, 5.41) is 0. The summed E-state index contributed by atoms with van der Waals surface area (Å²) in [4.78, 5) is 40.2. The summed E-state index contributed by atoms with van der Waals surface area (Å²) < 4.78 is 10.5. The molecule has 0 saturated carbocycles. The molecule has 1 spiro atoms. The minimum absolute atomic E-state index is 0.0597. The minimum atomic E-state index is -1.08. The summed E-state index contributed by atoms with van der Waals surface area (Å²) in [6, 6.07) is 7.45. The first-order valence-corrected chi connectivity index (χ1v) is 8.59. The van der Waals surface area contributed by atoms with Crippen molar-refractivity contribution in [2.24, 2.45) is 0 Å². The number of amides is 2. The monoisotopic (exact) mass is 360 g/mol. The molecule has 1 atom stereocenters. The van der Waals surface area contributed by atoms with E-state index in [9.17, 15) is 14.4 Å². The molecule has 0 bridgehead atoms. The summed E-state index contributed by atoms with van der Waals surface area (Å²) in [5.41, 5.74) is -0.798. The standard InChI is InChI=1S/C19H24N2O5/c1-18(2,3)26-17(24)21-11-14(22)9-19(21)12-20(16(19)23)10-13-5-7-15(25-4)8-6-13/h5-8H,9-12H2,1-4H3. The third-order valence-corrected chi connectivity index (χ3v) is 4.62. The van der Waals surface area contributed by atoms with Crippen LogP contribution in [0.5, 0.6) is 5.75 Å². The van der Waals surface area contributed by atoms with E-state index in [2.05, 4.69) is 0 Å². The molecule has 1 aromatic rings. The van der Waals surface area contributed by atoms with Crippen LogP contribution in [-0.4, -0.2) is 58.9 Å². The molecule has 2 aliphatic heterocycles. The van der Waals surface area contributed by atoms with Crippen molar-refractivity contribution in [1.29, 1.82) is 0 Å². The van der Waals surface area contributed by atoms with Crippen molar-refractivity contribution in [2.75, 3.05) is 20.2 Å². The molecule has 1 unspecified atom stereocenters. The van der Waals surface area contributed by atoms with Crippen LogP contribution in [0.2, 0.25) is 0 Å². The number of rotatable bonds is 3. The van der Waals surface area contributed by atoms with Gasteiger partial charge in [-0.1, -0.05) is 12.1 Å². The van der Waals surface area contributed by atoms with Gasteiger partial charge in [0.05, 0.1) is 20.2 Å². The van der Waals surface area contributed by atoms with Crippen LogP contribution >= 0.6 is 0 Å². The first-order chi connectivity index (χ1) is 12.1. The van der Waals surface area contributed by atoms with Crippen LogP contribution in [-0.2, 0) is 20.9 Å². The number of ether oxygens (including phenoxy) is 2. The van der Waals surface area contributed by atoms with Gasteiger partial charge in [0.25, 0.3) is 5.91 Å². The van der Waals surface area contributed by atoms with Crippen molar-refractivity contribution in [3.8, 4) is 5.75 Å². The number of likely N-dealkylation sites (tertiary alicyclic amines) is 2. The lowest BCUT2D eigenvalue weighted by Gasteiger charge is -2.50. The van der Waals surface area contributed by atoms with Crippen LogP contribution in [0.15, 0.2) is 24.3 Å². The molecule has 0 aromatic heterocycles. The third kappa shape index (κ3) is 3.25. The van der Waals surface area contributed by atoms with Gasteiger partial charge in [0.2, 0.25) is 0 Å². The Morgan fingerprint density at radius 1 is 1.19 bits per heavy atom. The van der Waals surface area contributed by atoms with Gasteiger partial charge >= 0.3 is 6.09 Å². The van der Waals surface area contributed by atoms with Crippen molar-refractivity contribution < 1.29 is 23.9 Å². The zero-order valence-corrected chi connectivity index (χ0v) is 15.6. The first-order valence-electron chi connectivity index (χ1n) is 8.59. The maximum Gasteiger partial charge on any atom is 0.411 e. The molecule has 140 valence electrons. The molecule has 0 N–H and O–H groups in total. The Hall–Kier alpha value is -2.57. The fourth-order valence-electron chi connectivity index (χ4n) is 3.43. The molecular formula is C19H24N2O5. The van der Waals surface area contributed by atoms with Crippen molar-refractivity contribution in [3.63, 3.8) is 0 Å². The molecule has 0 aliphatic carbocycles. The second-order valence-electron chi connectivity index (χ2n) is 7.82. The van der Waals surface area contributed by atoms with Crippen molar-refractivity contribution in [3.05, 3.63) is 29.8 Å². The Morgan fingerprint density at radius 3 is 2.38 bits per heavy atom. The van der Waals surface area contributed by atoms with Gasteiger partial charge in [-0.3, -0.25) is 14.5 Å². The van der Waals surface area contributed by atoms with E-state index in [0.29, 0.717) is 13.1 Å². The average Bonchev–Trinajstić information content (AvgIpc) is 2.93. The van der Waals surface area contributed by atoms with Gasteiger partial charge in [0.15, 0.2) is 5.78 Å². The van der Waals surface area contributed by atoms with Crippen molar-refractivity contribution >= 4 is 17.8 Å². The minimum Gasteiger partial charge on any atom is -0.497 e. The van der Waals surface area contributed by atoms with Crippen LogP contribution in [0, 0.1) is 0 Å². The molecule has 7 heteroatoms. The number of ketones is 1. The SMILES string of the molecule is COc1ccc(CN2CC3(CC(=O)CN3C(=O)OC(C)(C)C)C2=O)cc1. The Bertz CT molecular complexity index is 737. The van der Waals surface area contributed by atoms with Crippen LogP contribution in [0.1, 0.15) is 32.8 Å². The summed E-state index contributed by atoms with van der Waals surface area (Å²) in [6.45, 7) is 5.97. The third-order valence-electron chi connectivity index (χ3n) is 4.62. The summed E-state index contributed by atoms with van der Waals surface area (Å²) in [7, 11) is 1.60. The molecule has 3 rings (SSSR count). The summed E-state index contributed by atoms with van der Waals surface area (Å²) >= 11 is 0. The molecule has 26 heavy (non-hydrogen) atoms. The van der Waals surface area contributed by atoms with Gasteiger partial charge < -0.3 is 14.4 Å². The van der Waals surface area contributed by atoms with E-state index in [1.54, 1.807) is 32.8 Å². The fourth-order valence-corrected chi connectivity index (χ4v) is 3.43. The van der Waals surface area contributed by atoms with Crippen LogP contribution in [0.4, 0.5) is 4.79 Å². The van der Waals surface area contributed by atoms with Crippen LogP contribution < -0.4 is 4.74 Å². The van der Waals surface area contributed by atoms with E-state index in [1.165, 1.54) is 4.90 Å². The largest absolute Gasteiger partial charge is 0.497 e. The zero-order valence-electron chi connectivity index (χ0n) is 15.6.